The van der Waals surface area contributed by atoms with E-state index in [9.17, 15) is 9.59 Å². The predicted molar refractivity (Wildman–Crippen MR) is 88.7 cm³/mol. The minimum atomic E-state index is -0.0833. The van der Waals surface area contributed by atoms with Crippen LogP contribution < -0.4 is 10.6 Å². The van der Waals surface area contributed by atoms with Crippen LogP contribution in [0.3, 0.4) is 0 Å². The van der Waals surface area contributed by atoms with E-state index < -0.39 is 0 Å². The molecule has 1 heterocycles. The Bertz CT molecular complexity index is 505. The average molecular weight is 318 g/mol. The molecule has 6 heteroatoms. The lowest BCUT2D eigenvalue weighted by Gasteiger charge is -2.16. The lowest BCUT2D eigenvalue weighted by atomic mass is 9.85. The number of hydrogen-bond donors (Lipinski definition) is 2. The van der Waals surface area contributed by atoms with E-state index in [-0.39, 0.29) is 23.7 Å². The predicted octanol–water partition coefficient (Wildman–Crippen LogP) is 0.759. The summed E-state index contributed by atoms with van der Waals surface area (Å²) in [5, 5.41) is 6.33. The second kappa shape index (κ2) is 6.72. The van der Waals surface area contributed by atoms with Crippen LogP contribution in [0.15, 0.2) is 17.1 Å². The van der Waals surface area contributed by atoms with Gasteiger partial charge in [-0.1, -0.05) is 12.2 Å². The number of aliphatic imine (C=N–C) groups is 1. The molecule has 3 aliphatic rings. The minimum Gasteiger partial charge on any atom is -0.357 e. The molecule has 6 nitrogen and oxygen atoms in total. The first-order valence-corrected chi connectivity index (χ1v) is 8.73. The van der Waals surface area contributed by atoms with Gasteiger partial charge >= 0.3 is 0 Å². The Kier molecular flexibility index (Phi) is 4.68. The zero-order valence-electron chi connectivity index (χ0n) is 13.9. The summed E-state index contributed by atoms with van der Waals surface area (Å²) in [5.41, 5.74) is 0. The maximum atomic E-state index is 12.5. The van der Waals surface area contributed by atoms with Gasteiger partial charge in [-0.05, 0) is 38.5 Å². The van der Waals surface area contributed by atoms with E-state index in [1.54, 1.807) is 0 Å². The van der Waals surface area contributed by atoms with Gasteiger partial charge in [-0.2, -0.15) is 0 Å². The van der Waals surface area contributed by atoms with Crippen LogP contribution >= 0.6 is 0 Å². The Hall–Kier alpha value is -1.85. The first kappa shape index (κ1) is 16.0. The van der Waals surface area contributed by atoms with Gasteiger partial charge in [-0.25, -0.2) is 0 Å². The Morgan fingerprint density at radius 2 is 1.70 bits per heavy atom. The van der Waals surface area contributed by atoms with E-state index in [1.165, 1.54) is 4.90 Å². The van der Waals surface area contributed by atoms with Crippen molar-refractivity contribution in [2.24, 2.45) is 28.7 Å². The molecule has 1 saturated heterocycles. The number of allylic oxidation sites excluding steroid dienone is 2. The minimum absolute atomic E-state index is 0.0411. The van der Waals surface area contributed by atoms with Crippen molar-refractivity contribution in [3.8, 4) is 0 Å². The third-order valence-electron chi connectivity index (χ3n) is 5.06. The second-order valence-corrected chi connectivity index (χ2v) is 6.47. The summed E-state index contributed by atoms with van der Waals surface area (Å²) < 4.78 is 0. The molecule has 2 N–H and O–H groups in total. The van der Waals surface area contributed by atoms with Gasteiger partial charge in [0.2, 0.25) is 11.8 Å². The summed E-state index contributed by atoms with van der Waals surface area (Å²) in [6.45, 7) is 6.76. The Labute approximate surface area is 137 Å². The Morgan fingerprint density at radius 3 is 2.22 bits per heavy atom. The number of carbonyl (C=O) groups excluding carboxylic acids is 2. The molecule has 1 saturated carbocycles. The van der Waals surface area contributed by atoms with Crippen LogP contribution in [-0.2, 0) is 9.59 Å². The molecule has 0 aromatic rings. The van der Waals surface area contributed by atoms with E-state index in [4.69, 9.17) is 0 Å². The number of imide groups is 1. The molecule has 0 aromatic heterocycles. The third-order valence-corrected chi connectivity index (χ3v) is 5.06. The Morgan fingerprint density at radius 1 is 1.13 bits per heavy atom. The molecule has 2 amide bonds. The van der Waals surface area contributed by atoms with Gasteiger partial charge in [0, 0.05) is 26.2 Å². The maximum Gasteiger partial charge on any atom is 0.233 e. The van der Waals surface area contributed by atoms with E-state index in [2.05, 4.69) is 27.8 Å². The van der Waals surface area contributed by atoms with Gasteiger partial charge in [0.1, 0.15) is 0 Å². The molecule has 0 radical (unpaired) electrons. The molecular weight excluding hydrogens is 292 g/mol. The average Bonchev–Trinajstić information content (AvgIpc) is 3.20. The monoisotopic (exact) mass is 318 g/mol. The van der Waals surface area contributed by atoms with Crippen LogP contribution in [0.2, 0.25) is 0 Å². The van der Waals surface area contributed by atoms with Crippen LogP contribution in [0, 0.1) is 23.7 Å². The number of guanidine groups is 1. The summed E-state index contributed by atoms with van der Waals surface area (Å²) in [6.07, 6.45) is 5.95. The van der Waals surface area contributed by atoms with Gasteiger partial charge in [0.05, 0.1) is 11.8 Å². The van der Waals surface area contributed by atoms with Gasteiger partial charge in [0.25, 0.3) is 0 Å². The molecule has 2 fully saturated rings. The first-order valence-electron chi connectivity index (χ1n) is 8.73. The van der Waals surface area contributed by atoms with Gasteiger partial charge < -0.3 is 10.6 Å². The number of hydrogen-bond acceptors (Lipinski definition) is 3. The van der Waals surface area contributed by atoms with Crippen LogP contribution in [0.5, 0.6) is 0 Å². The second-order valence-electron chi connectivity index (χ2n) is 6.47. The topological polar surface area (TPSA) is 73.8 Å². The highest BCUT2D eigenvalue weighted by Gasteiger charge is 2.58. The molecule has 4 atom stereocenters. The SMILES string of the molecule is CCNC(=NCCCN1C(=O)C2C3C=CC(C3)C2C1=O)NCC. The Balaban J connectivity index is 1.53. The highest BCUT2D eigenvalue weighted by Crippen LogP contribution is 2.52. The summed E-state index contributed by atoms with van der Waals surface area (Å²) in [4.78, 5) is 31.0. The number of nitrogens with zero attached hydrogens (tertiary/aromatic N) is 2. The van der Waals surface area contributed by atoms with Crippen LogP contribution in [0.1, 0.15) is 26.7 Å². The van der Waals surface area contributed by atoms with Crippen molar-refractivity contribution in [3.05, 3.63) is 12.2 Å². The molecule has 126 valence electrons. The standard InChI is InChI=1S/C17H26N4O2/c1-3-18-17(19-4-2)20-8-5-9-21-15(22)13-11-6-7-12(10-11)14(13)16(21)23/h6-7,11-14H,3-5,8-10H2,1-2H3,(H2,18,19,20). The normalized spacial score (nSPS) is 30.8. The van der Waals surface area contributed by atoms with Gasteiger partial charge in [0.15, 0.2) is 5.96 Å². The van der Waals surface area contributed by atoms with Crippen molar-refractivity contribution < 1.29 is 9.59 Å². The van der Waals surface area contributed by atoms with Crippen molar-refractivity contribution >= 4 is 17.8 Å². The largest absolute Gasteiger partial charge is 0.357 e. The maximum absolute atomic E-state index is 12.5. The van der Waals surface area contributed by atoms with Crippen molar-refractivity contribution in [1.29, 1.82) is 0 Å². The summed E-state index contributed by atoms with van der Waals surface area (Å²) >= 11 is 0. The molecule has 1 aliphatic heterocycles. The zero-order valence-corrected chi connectivity index (χ0v) is 13.9. The molecular formula is C17H26N4O2. The summed E-state index contributed by atoms with van der Waals surface area (Å²) in [6, 6.07) is 0. The molecule has 2 aliphatic carbocycles. The van der Waals surface area contributed by atoms with Crippen molar-refractivity contribution in [1.82, 2.24) is 15.5 Å². The lowest BCUT2D eigenvalue weighted by Crippen LogP contribution is -2.37. The molecule has 23 heavy (non-hydrogen) atoms. The lowest BCUT2D eigenvalue weighted by molar-refractivity contribution is -0.140. The van der Waals surface area contributed by atoms with Crippen LogP contribution in [0.4, 0.5) is 0 Å². The van der Waals surface area contributed by atoms with E-state index in [1.807, 2.05) is 13.8 Å². The van der Waals surface area contributed by atoms with Crippen molar-refractivity contribution in [2.45, 2.75) is 26.7 Å². The van der Waals surface area contributed by atoms with E-state index in [0.717, 1.165) is 25.5 Å². The van der Waals surface area contributed by atoms with Gasteiger partial charge in [-0.15, -0.1) is 0 Å². The number of nitrogens with one attached hydrogen (secondary N) is 2. The molecule has 4 unspecified atom stereocenters. The van der Waals surface area contributed by atoms with Crippen LogP contribution in [0.25, 0.3) is 0 Å². The van der Waals surface area contributed by atoms with Crippen LogP contribution in [-0.4, -0.2) is 48.9 Å². The fourth-order valence-electron chi connectivity index (χ4n) is 4.11. The van der Waals surface area contributed by atoms with E-state index in [0.29, 0.717) is 31.3 Å². The van der Waals surface area contributed by atoms with Crippen molar-refractivity contribution in [3.63, 3.8) is 0 Å². The smallest absolute Gasteiger partial charge is 0.233 e. The molecule has 0 aromatic carbocycles. The third kappa shape index (κ3) is 2.86. The fourth-order valence-corrected chi connectivity index (χ4v) is 4.11. The number of likely N-dealkylation sites (tertiary alicyclic amines) is 1. The highest BCUT2D eigenvalue weighted by atomic mass is 16.2. The van der Waals surface area contributed by atoms with Gasteiger partial charge in [-0.3, -0.25) is 19.5 Å². The van der Waals surface area contributed by atoms with E-state index >= 15 is 0 Å². The number of carbonyl (C=O) groups is 2. The molecule has 3 rings (SSSR count). The van der Waals surface area contributed by atoms with Crippen molar-refractivity contribution in [2.75, 3.05) is 26.2 Å². The first-order chi connectivity index (χ1) is 11.2. The number of amides is 2. The summed E-state index contributed by atoms with van der Waals surface area (Å²) in [5.74, 6) is 1.28. The molecule has 2 bridgehead atoms. The highest BCUT2D eigenvalue weighted by molar-refractivity contribution is 6.06. The summed E-state index contributed by atoms with van der Waals surface area (Å²) in [7, 11) is 0. The number of fused-ring (bicyclic) bond motifs is 5. The fraction of sp³-hybridized carbons (Fsp3) is 0.706. The molecule has 0 spiro atoms. The quantitative estimate of drug-likeness (QED) is 0.249. The zero-order chi connectivity index (χ0) is 16.4. The number of rotatable bonds is 6.